The molecule has 130 valence electrons. The van der Waals surface area contributed by atoms with Crippen LogP contribution in [0.4, 0.5) is 0 Å². The molecule has 0 saturated carbocycles. The Kier molecular flexibility index (Phi) is 3.96. The molecular weight excluding hydrogens is 330 g/mol. The van der Waals surface area contributed by atoms with E-state index in [-0.39, 0.29) is 5.69 Å². The van der Waals surface area contributed by atoms with E-state index in [0.29, 0.717) is 18.4 Å². The largest absolute Gasteiger partial charge is 0.478 e. The Morgan fingerprint density at radius 3 is 2.46 bits per heavy atom. The predicted molar refractivity (Wildman–Crippen MR) is 98.5 cm³/mol. The fraction of sp³-hybridized carbons (Fsp3) is 0.158. The predicted octanol–water partition coefficient (Wildman–Crippen LogP) is 2.58. The highest BCUT2D eigenvalue weighted by Gasteiger charge is 2.14. The molecule has 4 aromatic rings. The van der Waals surface area contributed by atoms with Gasteiger partial charge in [0.05, 0.1) is 17.6 Å². The molecule has 0 unspecified atom stereocenters. The average Bonchev–Trinajstić information content (AvgIpc) is 2.94. The van der Waals surface area contributed by atoms with Crippen molar-refractivity contribution >= 4 is 11.0 Å². The minimum atomic E-state index is -0.185. The Bertz CT molecular complexity index is 1130. The van der Waals surface area contributed by atoms with Crippen LogP contribution in [0.5, 0.6) is 5.88 Å². The van der Waals surface area contributed by atoms with Gasteiger partial charge in [0.25, 0.3) is 0 Å². The summed E-state index contributed by atoms with van der Waals surface area (Å²) >= 11 is 0. The van der Waals surface area contributed by atoms with Gasteiger partial charge in [-0.05, 0) is 31.2 Å². The molecule has 0 aliphatic rings. The molecule has 4 rings (SSSR count). The average molecular weight is 347 g/mol. The van der Waals surface area contributed by atoms with Gasteiger partial charge < -0.3 is 4.74 Å². The van der Waals surface area contributed by atoms with E-state index in [2.05, 4.69) is 15.0 Å². The second-order valence-electron chi connectivity index (χ2n) is 5.73. The van der Waals surface area contributed by atoms with Crippen LogP contribution >= 0.6 is 0 Å². The Balaban J connectivity index is 1.81. The van der Waals surface area contributed by atoms with E-state index in [1.807, 2.05) is 43.3 Å². The highest BCUT2D eigenvalue weighted by molar-refractivity contribution is 5.77. The Morgan fingerprint density at radius 1 is 1.00 bits per heavy atom. The molecule has 26 heavy (non-hydrogen) atoms. The first-order chi connectivity index (χ1) is 12.7. The number of nitrogens with zero attached hydrogens (tertiary/aromatic N) is 5. The zero-order valence-electron chi connectivity index (χ0n) is 14.5. The van der Waals surface area contributed by atoms with Gasteiger partial charge in [-0.15, -0.1) is 0 Å². The molecule has 7 heteroatoms. The van der Waals surface area contributed by atoms with Crippen LogP contribution in [0.3, 0.4) is 0 Å². The van der Waals surface area contributed by atoms with Gasteiger partial charge in [0.1, 0.15) is 0 Å². The molecule has 0 fully saturated rings. The lowest BCUT2D eigenvalue weighted by Gasteiger charge is -2.08. The van der Waals surface area contributed by atoms with Crippen LogP contribution in [0.1, 0.15) is 6.92 Å². The van der Waals surface area contributed by atoms with Crippen LogP contribution in [0, 0.1) is 0 Å². The smallest absolute Gasteiger partial charge is 0.335 e. The zero-order valence-corrected chi connectivity index (χ0v) is 14.5. The van der Waals surface area contributed by atoms with Gasteiger partial charge in [0.15, 0.2) is 0 Å². The number of hydrogen-bond donors (Lipinski definition) is 0. The topological polar surface area (TPSA) is 74.8 Å². The molecule has 3 aromatic heterocycles. The van der Waals surface area contributed by atoms with Crippen LogP contribution in [0.2, 0.25) is 0 Å². The Labute approximate surface area is 149 Å². The Morgan fingerprint density at radius 2 is 1.73 bits per heavy atom. The lowest BCUT2D eigenvalue weighted by atomic mass is 10.1. The molecular formula is C19H17N5O2. The molecule has 7 nitrogen and oxygen atoms in total. The van der Waals surface area contributed by atoms with Gasteiger partial charge in [0.2, 0.25) is 11.8 Å². The first-order valence-electron chi connectivity index (χ1n) is 8.27. The minimum Gasteiger partial charge on any atom is -0.478 e. The number of aryl methyl sites for hydroxylation is 1. The number of benzene rings is 1. The SMILES string of the molecule is CCOc1ncccc1-c1cnc(-n2c(=O)n(C)c3ccccc32)nc1. The molecule has 0 amide bonds. The van der Waals surface area contributed by atoms with Gasteiger partial charge >= 0.3 is 5.69 Å². The van der Waals surface area contributed by atoms with E-state index >= 15 is 0 Å². The van der Waals surface area contributed by atoms with E-state index in [9.17, 15) is 4.79 Å². The first-order valence-corrected chi connectivity index (χ1v) is 8.27. The van der Waals surface area contributed by atoms with Crippen molar-refractivity contribution in [2.24, 2.45) is 7.05 Å². The quantitative estimate of drug-likeness (QED) is 0.567. The van der Waals surface area contributed by atoms with Crippen LogP contribution in [-0.2, 0) is 7.05 Å². The number of fused-ring (bicyclic) bond motifs is 1. The number of hydrogen-bond acceptors (Lipinski definition) is 5. The van der Waals surface area contributed by atoms with Crippen LogP contribution < -0.4 is 10.4 Å². The van der Waals surface area contributed by atoms with Crippen molar-refractivity contribution in [2.45, 2.75) is 6.92 Å². The molecule has 0 aliphatic carbocycles. The summed E-state index contributed by atoms with van der Waals surface area (Å²) < 4.78 is 8.65. The zero-order chi connectivity index (χ0) is 18.1. The summed E-state index contributed by atoms with van der Waals surface area (Å²) in [5.41, 5.74) is 3.00. The molecule has 0 radical (unpaired) electrons. The normalized spacial score (nSPS) is 11.0. The second-order valence-corrected chi connectivity index (χ2v) is 5.73. The molecule has 0 spiro atoms. The van der Waals surface area contributed by atoms with Crippen LogP contribution in [0.25, 0.3) is 28.1 Å². The molecule has 0 atom stereocenters. The molecule has 0 bridgehead atoms. The first kappa shape index (κ1) is 16.0. The van der Waals surface area contributed by atoms with Crippen molar-refractivity contribution in [1.29, 1.82) is 0 Å². The summed E-state index contributed by atoms with van der Waals surface area (Å²) in [4.78, 5) is 25.7. The Hall–Kier alpha value is -3.48. The fourth-order valence-electron chi connectivity index (χ4n) is 2.92. The van der Waals surface area contributed by atoms with Crippen molar-refractivity contribution in [3.05, 3.63) is 65.5 Å². The number of ether oxygens (including phenoxy) is 1. The third kappa shape index (κ3) is 2.54. The van der Waals surface area contributed by atoms with Crippen molar-refractivity contribution in [3.63, 3.8) is 0 Å². The number of rotatable bonds is 4. The highest BCUT2D eigenvalue weighted by Crippen LogP contribution is 2.27. The van der Waals surface area contributed by atoms with Crippen molar-refractivity contribution < 1.29 is 4.74 Å². The molecule has 0 saturated heterocycles. The summed E-state index contributed by atoms with van der Waals surface area (Å²) in [5, 5.41) is 0. The van der Waals surface area contributed by atoms with Gasteiger partial charge in [-0.2, -0.15) is 0 Å². The maximum Gasteiger partial charge on any atom is 0.335 e. The van der Waals surface area contributed by atoms with Crippen molar-refractivity contribution in [3.8, 4) is 23.0 Å². The highest BCUT2D eigenvalue weighted by atomic mass is 16.5. The third-order valence-corrected chi connectivity index (χ3v) is 4.16. The second kappa shape index (κ2) is 6.44. The molecule has 0 N–H and O–H groups in total. The van der Waals surface area contributed by atoms with E-state index < -0.39 is 0 Å². The van der Waals surface area contributed by atoms with E-state index in [4.69, 9.17) is 4.74 Å². The molecule has 0 aliphatic heterocycles. The van der Waals surface area contributed by atoms with E-state index in [1.54, 1.807) is 30.2 Å². The molecule has 3 heterocycles. The van der Waals surface area contributed by atoms with E-state index in [0.717, 1.165) is 22.2 Å². The maximum absolute atomic E-state index is 12.6. The number of pyridine rings is 1. The van der Waals surface area contributed by atoms with Crippen molar-refractivity contribution in [1.82, 2.24) is 24.1 Å². The minimum absolute atomic E-state index is 0.185. The summed E-state index contributed by atoms with van der Waals surface area (Å²) in [6.07, 6.45) is 5.03. The fourth-order valence-corrected chi connectivity index (χ4v) is 2.92. The lowest BCUT2D eigenvalue weighted by Crippen LogP contribution is -2.22. The van der Waals surface area contributed by atoms with Crippen LogP contribution in [0.15, 0.2) is 59.8 Å². The van der Waals surface area contributed by atoms with Gasteiger partial charge in [-0.3, -0.25) is 4.57 Å². The summed E-state index contributed by atoms with van der Waals surface area (Å²) in [5.74, 6) is 0.867. The monoisotopic (exact) mass is 347 g/mol. The standard InChI is InChI=1S/C19H17N5O2/c1-3-26-17-14(7-6-10-20-17)13-11-21-18(22-12-13)24-16-9-5-4-8-15(16)23(2)19(24)25/h4-12H,3H2,1-2H3. The maximum atomic E-state index is 12.6. The number of para-hydroxylation sites is 2. The molecule has 1 aromatic carbocycles. The summed E-state index contributed by atoms with van der Waals surface area (Å²) in [6.45, 7) is 2.43. The van der Waals surface area contributed by atoms with Crippen LogP contribution in [-0.4, -0.2) is 30.7 Å². The van der Waals surface area contributed by atoms with Gasteiger partial charge in [0, 0.05) is 36.8 Å². The summed E-state index contributed by atoms with van der Waals surface area (Å²) in [6, 6.07) is 11.3. The lowest BCUT2D eigenvalue weighted by molar-refractivity contribution is 0.328. The summed E-state index contributed by atoms with van der Waals surface area (Å²) in [7, 11) is 1.74. The van der Waals surface area contributed by atoms with Crippen molar-refractivity contribution in [2.75, 3.05) is 6.61 Å². The van der Waals surface area contributed by atoms with Gasteiger partial charge in [-0.1, -0.05) is 12.1 Å². The number of aromatic nitrogens is 5. The third-order valence-electron chi connectivity index (χ3n) is 4.16. The van der Waals surface area contributed by atoms with E-state index in [1.165, 1.54) is 4.57 Å². The van der Waals surface area contributed by atoms with Gasteiger partial charge in [-0.25, -0.2) is 24.3 Å². The number of imidazole rings is 1.